The second kappa shape index (κ2) is 9.16. The molecule has 3 aromatic carbocycles. The Balaban J connectivity index is 1.78. The smallest absolute Gasteiger partial charge is 0.331 e. The molecule has 4 rings (SSSR count). The third-order valence-electron chi connectivity index (χ3n) is 5.74. The minimum atomic E-state index is -0.546. The number of rotatable bonds is 7. The van der Waals surface area contributed by atoms with Crippen LogP contribution in [0, 0.1) is 6.92 Å². The zero-order valence-corrected chi connectivity index (χ0v) is 17.8. The quantitative estimate of drug-likeness (QED) is 0.459. The van der Waals surface area contributed by atoms with Crippen molar-refractivity contribution < 1.29 is 9.90 Å². The van der Waals surface area contributed by atoms with E-state index in [4.69, 9.17) is 5.11 Å². The molecule has 1 N–H and O–H groups in total. The number of aliphatic hydroxyl groups is 1. The summed E-state index contributed by atoms with van der Waals surface area (Å²) >= 11 is 0. The van der Waals surface area contributed by atoms with E-state index in [1.165, 1.54) is 4.57 Å². The van der Waals surface area contributed by atoms with Crippen LogP contribution in [0.25, 0.3) is 10.9 Å². The van der Waals surface area contributed by atoms with Gasteiger partial charge in [0.15, 0.2) is 5.78 Å². The van der Waals surface area contributed by atoms with E-state index in [0.29, 0.717) is 22.9 Å². The van der Waals surface area contributed by atoms with Gasteiger partial charge in [-0.1, -0.05) is 54.6 Å². The van der Waals surface area contributed by atoms with Crippen molar-refractivity contribution in [3.63, 3.8) is 0 Å². The molecule has 0 aliphatic heterocycles. The number of fused-ring (bicyclic) bond motifs is 1. The largest absolute Gasteiger partial charge is 0.388 e. The van der Waals surface area contributed by atoms with E-state index < -0.39 is 6.61 Å². The number of benzene rings is 3. The molecule has 0 aliphatic carbocycles. The number of aromatic nitrogens is 2. The Bertz CT molecular complexity index is 1400. The maximum Gasteiger partial charge on any atom is 0.331 e. The minimum absolute atomic E-state index is 0.268. The van der Waals surface area contributed by atoms with Gasteiger partial charge in [-0.25, -0.2) is 4.79 Å². The number of nitrogens with zero attached hydrogens (tertiary/aromatic N) is 2. The molecule has 1 aromatic heterocycles. The van der Waals surface area contributed by atoms with Gasteiger partial charge in [-0.05, 0) is 48.2 Å². The van der Waals surface area contributed by atoms with Gasteiger partial charge in [-0.2, -0.15) is 0 Å². The Morgan fingerprint density at radius 1 is 0.906 bits per heavy atom. The van der Waals surface area contributed by atoms with Crippen LogP contribution in [0.1, 0.15) is 27.0 Å². The molecule has 4 aromatic rings. The lowest BCUT2D eigenvalue weighted by Gasteiger charge is -2.16. The summed E-state index contributed by atoms with van der Waals surface area (Å²) in [6.07, 6.45) is 0.575. The van der Waals surface area contributed by atoms with E-state index >= 15 is 0 Å². The van der Waals surface area contributed by atoms with E-state index in [9.17, 15) is 14.4 Å². The van der Waals surface area contributed by atoms with Gasteiger partial charge in [-0.15, -0.1) is 0 Å². The van der Waals surface area contributed by atoms with Crippen LogP contribution in [0.2, 0.25) is 0 Å². The van der Waals surface area contributed by atoms with E-state index in [2.05, 4.69) is 0 Å². The first kappa shape index (κ1) is 21.5. The molecule has 0 bridgehead atoms. The van der Waals surface area contributed by atoms with Gasteiger partial charge in [0.25, 0.3) is 5.56 Å². The highest BCUT2D eigenvalue weighted by Crippen LogP contribution is 2.16. The van der Waals surface area contributed by atoms with E-state index in [1.54, 1.807) is 41.0 Å². The predicted octanol–water partition coefficient (Wildman–Crippen LogP) is 2.94. The number of ketones is 1. The van der Waals surface area contributed by atoms with Gasteiger partial charge in [-0.3, -0.25) is 18.7 Å². The van der Waals surface area contributed by atoms with Crippen LogP contribution < -0.4 is 11.2 Å². The summed E-state index contributed by atoms with van der Waals surface area (Å²) in [5, 5.41) is 9.59. The van der Waals surface area contributed by atoms with Crippen molar-refractivity contribution >= 4 is 16.7 Å². The van der Waals surface area contributed by atoms with Gasteiger partial charge in [0, 0.05) is 12.1 Å². The normalized spacial score (nSPS) is 11.1. The molecule has 0 fully saturated rings. The van der Waals surface area contributed by atoms with Crippen LogP contribution in [-0.2, 0) is 19.5 Å². The first-order valence-electron chi connectivity index (χ1n) is 10.5. The Hall–Kier alpha value is -3.77. The molecule has 0 amide bonds. The van der Waals surface area contributed by atoms with Crippen LogP contribution in [-0.4, -0.2) is 26.6 Å². The fourth-order valence-corrected chi connectivity index (χ4v) is 3.91. The molecule has 162 valence electrons. The predicted molar refractivity (Wildman–Crippen MR) is 124 cm³/mol. The van der Waals surface area contributed by atoms with Crippen molar-refractivity contribution in [1.82, 2.24) is 9.13 Å². The summed E-state index contributed by atoms with van der Waals surface area (Å²) in [4.78, 5) is 38.3. The number of hydrogen-bond donors (Lipinski definition) is 1. The highest BCUT2D eigenvalue weighted by molar-refractivity contribution is 5.97. The average molecular weight is 428 g/mol. The molecule has 0 spiro atoms. The monoisotopic (exact) mass is 428 g/mol. The fourth-order valence-electron chi connectivity index (χ4n) is 3.91. The number of carbonyl (C=O) groups is 1. The minimum Gasteiger partial charge on any atom is -0.388 e. The molecule has 6 nitrogen and oxygen atoms in total. The summed E-state index contributed by atoms with van der Waals surface area (Å²) < 4.78 is 2.91. The van der Waals surface area contributed by atoms with Crippen LogP contribution in [0.15, 0.2) is 82.4 Å². The van der Waals surface area contributed by atoms with Crippen LogP contribution in [0.5, 0.6) is 0 Å². The van der Waals surface area contributed by atoms with Crippen molar-refractivity contribution in [3.05, 3.63) is 116 Å². The maximum atomic E-state index is 13.4. The molecule has 6 heteroatoms. The highest BCUT2D eigenvalue weighted by atomic mass is 16.3. The molecule has 0 saturated heterocycles. The second-order valence-electron chi connectivity index (χ2n) is 7.80. The summed E-state index contributed by atoms with van der Waals surface area (Å²) in [5.41, 5.74) is 3.10. The highest BCUT2D eigenvalue weighted by Gasteiger charge is 2.15. The molecular formula is C26H24N2O4. The van der Waals surface area contributed by atoms with E-state index in [1.807, 2.05) is 43.3 Å². The van der Waals surface area contributed by atoms with Gasteiger partial charge in [0.1, 0.15) is 6.61 Å². The van der Waals surface area contributed by atoms with Crippen LogP contribution >= 0.6 is 0 Å². The number of hydrogen-bond acceptors (Lipinski definition) is 4. The number of aliphatic hydroxyl groups excluding tert-OH is 1. The molecule has 0 unspecified atom stereocenters. The molecule has 0 saturated carbocycles. The Labute approximate surface area is 185 Å². The van der Waals surface area contributed by atoms with Crippen LogP contribution in [0.3, 0.4) is 0 Å². The topological polar surface area (TPSA) is 81.3 Å². The Morgan fingerprint density at radius 3 is 2.34 bits per heavy atom. The van der Waals surface area contributed by atoms with Crippen LogP contribution in [0.4, 0.5) is 0 Å². The lowest BCUT2D eigenvalue weighted by atomic mass is 10.0. The summed E-state index contributed by atoms with van der Waals surface area (Å²) in [5.74, 6) is -0.350. The first-order valence-corrected chi connectivity index (χ1v) is 10.5. The summed E-state index contributed by atoms with van der Waals surface area (Å²) in [7, 11) is 0. The van der Waals surface area contributed by atoms with Gasteiger partial charge in [0.2, 0.25) is 0 Å². The SMILES string of the molecule is Cc1cc(C(=O)CO)ccc1Cn1c(=O)n(CCc2ccccc2)c(=O)c2ccccc21. The van der Waals surface area contributed by atoms with E-state index in [0.717, 1.165) is 16.7 Å². The average Bonchev–Trinajstić information content (AvgIpc) is 2.82. The number of para-hydroxylation sites is 1. The standard InChI is InChI=1S/C26H24N2O4/c1-18-15-20(24(30)17-29)11-12-21(18)16-28-23-10-6-5-9-22(23)25(31)27(26(28)32)14-13-19-7-3-2-4-8-19/h2-12,15,29H,13-14,16-17H2,1H3. The second-order valence-corrected chi connectivity index (χ2v) is 7.80. The molecule has 32 heavy (non-hydrogen) atoms. The van der Waals surface area contributed by atoms with E-state index in [-0.39, 0.29) is 30.1 Å². The summed E-state index contributed by atoms with van der Waals surface area (Å²) in [6, 6.07) is 22.0. The van der Waals surface area contributed by atoms with Gasteiger partial charge in [0.05, 0.1) is 17.4 Å². The molecule has 1 heterocycles. The number of Topliss-reactive ketones (excluding diaryl/α,β-unsaturated/α-hetero) is 1. The molecule has 0 atom stereocenters. The summed E-state index contributed by atoms with van der Waals surface area (Å²) in [6.45, 7) is 1.87. The first-order chi connectivity index (χ1) is 15.5. The molecule has 0 aliphatic rings. The van der Waals surface area contributed by atoms with Crippen molar-refractivity contribution in [2.75, 3.05) is 6.61 Å². The van der Waals surface area contributed by atoms with Crippen molar-refractivity contribution in [1.29, 1.82) is 0 Å². The van der Waals surface area contributed by atoms with Crippen molar-refractivity contribution in [2.24, 2.45) is 0 Å². The van der Waals surface area contributed by atoms with Crippen molar-refractivity contribution in [2.45, 2.75) is 26.4 Å². The van der Waals surface area contributed by atoms with Gasteiger partial charge >= 0.3 is 5.69 Å². The Kier molecular flexibility index (Phi) is 6.14. The fraction of sp³-hybridized carbons (Fsp3) is 0.192. The van der Waals surface area contributed by atoms with Crippen molar-refractivity contribution in [3.8, 4) is 0 Å². The zero-order valence-electron chi connectivity index (χ0n) is 17.8. The lowest BCUT2D eigenvalue weighted by Crippen LogP contribution is -2.40. The Morgan fingerprint density at radius 2 is 1.62 bits per heavy atom. The third kappa shape index (κ3) is 4.18. The number of carbonyl (C=O) groups excluding carboxylic acids is 1. The zero-order chi connectivity index (χ0) is 22.7. The number of aryl methyl sites for hydroxylation is 2. The maximum absolute atomic E-state index is 13.4. The molecular weight excluding hydrogens is 404 g/mol. The lowest BCUT2D eigenvalue weighted by molar-refractivity contribution is 0.0903. The third-order valence-corrected chi connectivity index (χ3v) is 5.74. The van der Waals surface area contributed by atoms with Gasteiger partial charge < -0.3 is 5.11 Å². The molecule has 0 radical (unpaired) electrons.